The number of Topliss-reactive ketones (excluding diaryl/α,β-unsaturated/α-hetero) is 1. The largest absolute Gasteiger partial charge is 0.497 e. The summed E-state index contributed by atoms with van der Waals surface area (Å²) in [6.45, 7) is 1.40. The molecule has 0 bridgehead atoms. The highest BCUT2D eigenvalue weighted by atomic mass is 79.9. The van der Waals surface area contributed by atoms with Gasteiger partial charge in [0.15, 0.2) is 11.5 Å². The van der Waals surface area contributed by atoms with Gasteiger partial charge < -0.3 is 14.5 Å². The third-order valence-electron chi connectivity index (χ3n) is 3.76. The van der Waals surface area contributed by atoms with Gasteiger partial charge in [0.05, 0.1) is 12.8 Å². The zero-order valence-corrected chi connectivity index (χ0v) is 15.8. The summed E-state index contributed by atoms with van der Waals surface area (Å²) in [5.41, 5.74) is 1.76. The van der Waals surface area contributed by atoms with Crippen molar-refractivity contribution in [3.05, 3.63) is 64.3 Å². The molecule has 0 spiro atoms. The fourth-order valence-electron chi connectivity index (χ4n) is 2.49. The van der Waals surface area contributed by atoms with Crippen LogP contribution in [0.4, 0.5) is 5.69 Å². The number of hydrogen-bond donors (Lipinski definition) is 1. The predicted octanol–water partition coefficient (Wildman–Crippen LogP) is 5.06. The molecular weight excluding hydrogens is 398 g/mol. The number of ketones is 1. The maximum Gasteiger partial charge on any atom is 0.248 e. The van der Waals surface area contributed by atoms with Crippen molar-refractivity contribution in [3.63, 3.8) is 0 Å². The molecule has 1 amide bonds. The zero-order chi connectivity index (χ0) is 18.7. The van der Waals surface area contributed by atoms with Crippen molar-refractivity contribution in [2.24, 2.45) is 0 Å². The first-order valence-corrected chi connectivity index (χ1v) is 8.63. The van der Waals surface area contributed by atoms with Crippen LogP contribution in [0.5, 0.6) is 5.75 Å². The van der Waals surface area contributed by atoms with Gasteiger partial charge in [-0.2, -0.15) is 0 Å². The molecule has 0 saturated heterocycles. The number of fused-ring (bicyclic) bond motifs is 1. The monoisotopic (exact) mass is 413 g/mol. The van der Waals surface area contributed by atoms with Gasteiger partial charge in [0.2, 0.25) is 5.91 Å². The Kier molecular flexibility index (Phi) is 5.23. The topological polar surface area (TPSA) is 68.5 Å². The van der Waals surface area contributed by atoms with Gasteiger partial charge in [0.1, 0.15) is 11.3 Å². The molecule has 0 aliphatic carbocycles. The van der Waals surface area contributed by atoms with Crippen molar-refractivity contribution >= 4 is 50.4 Å². The number of nitrogens with one attached hydrogen (secondary N) is 1. The zero-order valence-electron chi connectivity index (χ0n) is 14.2. The first kappa shape index (κ1) is 17.9. The van der Waals surface area contributed by atoms with Crippen LogP contribution in [0.1, 0.15) is 23.0 Å². The Morgan fingerprint density at radius 3 is 2.54 bits per heavy atom. The van der Waals surface area contributed by atoms with Crippen LogP contribution in [0.25, 0.3) is 17.0 Å². The van der Waals surface area contributed by atoms with Gasteiger partial charge in [-0.3, -0.25) is 9.59 Å². The van der Waals surface area contributed by atoms with E-state index in [0.717, 1.165) is 15.8 Å². The fourth-order valence-corrected chi connectivity index (χ4v) is 2.85. The Morgan fingerprint density at radius 1 is 1.15 bits per heavy atom. The molecule has 132 valence electrons. The van der Waals surface area contributed by atoms with Crippen LogP contribution < -0.4 is 10.1 Å². The van der Waals surface area contributed by atoms with Crippen molar-refractivity contribution in [2.75, 3.05) is 12.4 Å². The third kappa shape index (κ3) is 3.86. The number of anilines is 1. The van der Waals surface area contributed by atoms with E-state index in [0.29, 0.717) is 16.7 Å². The van der Waals surface area contributed by atoms with Gasteiger partial charge in [0.25, 0.3) is 0 Å². The molecule has 5 nitrogen and oxygen atoms in total. The first-order chi connectivity index (χ1) is 12.5. The average molecular weight is 414 g/mol. The van der Waals surface area contributed by atoms with Crippen molar-refractivity contribution in [1.29, 1.82) is 0 Å². The summed E-state index contributed by atoms with van der Waals surface area (Å²) >= 11 is 3.39. The summed E-state index contributed by atoms with van der Waals surface area (Å²) in [7, 11) is 1.60. The SMILES string of the molecule is COc1ccc(/C=C/C(=O)Nc2c(C(C)=O)oc3ccc(Br)cc23)cc1. The van der Waals surface area contributed by atoms with Crippen LogP contribution >= 0.6 is 15.9 Å². The van der Waals surface area contributed by atoms with E-state index in [2.05, 4.69) is 21.2 Å². The smallest absolute Gasteiger partial charge is 0.248 e. The van der Waals surface area contributed by atoms with E-state index >= 15 is 0 Å². The second-order valence-electron chi connectivity index (χ2n) is 5.60. The van der Waals surface area contributed by atoms with E-state index in [4.69, 9.17) is 9.15 Å². The Hall–Kier alpha value is -2.86. The van der Waals surface area contributed by atoms with E-state index in [1.54, 1.807) is 25.3 Å². The summed E-state index contributed by atoms with van der Waals surface area (Å²) in [4.78, 5) is 24.2. The summed E-state index contributed by atoms with van der Waals surface area (Å²) in [6.07, 6.45) is 3.09. The number of benzene rings is 2. The number of hydrogen-bond acceptors (Lipinski definition) is 4. The average Bonchev–Trinajstić information content (AvgIpc) is 2.98. The number of carbonyl (C=O) groups is 2. The van der Waals surface area contributed by atoms with Gasteiger partial charge in [-0.15, -0.1) is 0 Å². The molecule has 0 unspecified atom stereocenters. The van der Waals surface area contributed by atoms with Crippen molar-refractivity contribution in [1.82, 2.24) is 0 Å². The highest BCUT2D eigenvalue weighted by Crippen LogP contribution is 2.33. The minimum atomic E-state index is -0.356. The maximum atomic E-state index is 12.3. The third-order valence-corrected chi connectivity index (χ3v) is 4.25. The summed E-state index contributed by atoms with van der Waals surface area (Å²) < 4.78 is 11.5. The molecular formula is C20H16BrNO4. The molecule has 1 N–H and O–H groups in total. The summed E-state index contributed by atoms with van der Waals surface area (Å²) in [5.74, 6) is 0.259. The fraction of sp³-hybridized carbons (Fsp3) is 0.100. The lowest BCUT2D eigenvalue weighted by Gasteiger charge is -2.02. The minimum absolute atomic E-state index is 0.129. The lowest BCUT2D eigenvalue weighted by Crippen LogP contribution is -2.10. The highest BCUT2D eigenvalue weighted by molar-refractivity contribution is 9.10. The standard InChI is InChI=1S/C20H16BrNO4/c1-12(23)20-19(16-11-14(21)6-9-17(16)26-20)22-18(24)10-5-13-3-7-15(25-2)8-4-13/h3-11H,1-2H3,(H,22,24)/b10-5+. The Bertz CT molecular complexity index is 1000. The summed E-state index contributed by atoms with van der Waals surface area (Å²) in [5, 5.41) is 3.41. The van der Waals surface area contributed by atoms with E-state index in [1.165, 1.54) is 13.0 Å². The molecule has 0 aliphatic rings. The number of ether oxygens (including phenoxy) is 1. The van der Waals surface area contributed by atoms with Crippen molar-refractivity contribution in [2.45, 2.75) is 6.92 Å². The van der Waals surface area contributed by atoms with Crippen LogP contribution in [0, 0.1) is 0 Å². The molecule has 0 radical (unpaired) electrons. The number of furan rings is 1. The Labute approximate surface area is 158 Å². The van der Waals surface area contributed by atoms with Crippen LogP contribution in [0.3, 0.4) is 0 Å². The molecule has 6 heteroatoms. The molecule has 3 aromatic rings. The molecule has 0 saturated carbocycles. The molecule has 1 aromatic heterocycles. The normalized spacial score (nSPS) is 11.0. The number of halogens is 1. The van der Waals surface area contributed by atoms with Gasteiger partial charge in [-0.05, 0) is 42.0 Å². The van der Waals surface area contributed by atoms with E-state index in [-0.39, 0.29) is 17.5 Å². The van der Waals surface area contributed by atoms with Gasteiger partial charge in [-0.1, -0.05) is 28.1 Å². The number of amides is 1. The number of methoxy groups -OCH3 is 1. The van der Waals surface area contributed by atoms with E-state index in [9.17, 15) is 9.59 Å². The molecule has 0 atom stereocenters. The number of carbonyl (C=O) groups excluding carboxylic acids is 2. The van der Waals surface area contributed by atoms with Crippen LogP contribution in [-0.4, -0.2) is 18.8 Å². The lowest BCUT2D eigenvalue weighted by molar-refractivity contribution is -0.111. The highest BCUT2D eigenvalue weighted by Gasteiger charge is 2.19. The predicted molar refractivity (Wildman–Crippen MR) is 105 cm³/mol. The van der Waals surface area contributed by atoms with Crippen molar-refractivity contribution in [3.8, 4) is 5.75 Å². The van der Waals surface area contributed by atoms with Crippen molar-refractivity contribution < 1.29 is 18.7 Å². The second kappa shape index (κ2) is 7.58. The van der Waals surface area contributed by atoms with Crippen LogP contribution in [0.2, 0.25) is 0 Å². The first-order valence-electron chi connectivity index (χ1n) is 7.84. The Morgan fingerprint density at radius 2 is 1.88 bits per heavy atom. The number of rotatable bonds is 5. The van der Waals surface area contributed by atoms with Crippen LogP contribution in [-0.2, 0) is 4.79 Å². The van der Waals surface area contributed by atoms with Gasteiger partial charge >= 0.3 is 0 Å². The van der Waals surface area contributed by atoms with Gasteiger partial charge in [0, 0.05) is 22.9 Å². The van der Waals surface area contributed by atoms with E-state index < -0.39 is 0 Å². The molecule has 3 rings (SSSR count). The molecule has 1 heterocycles. The quantitative estimate of drug-likeness (QED) is 0.468. The molecule has 0 fully saturated rings. The van der Waals surface area contributed by atoms with E-state index in [1.807, 2.05) is 30.3 Å². The second-order valence-corrected chi connectivity index (χ2v) is 6.51. The molecule has 26 heavy (non-hydrogen) atoms. The maximum absolute atomic E-state index is 12.3. The molecule has 2 aromatic carbocycles. The van der Waals surface area contributed by atoms with Crippen LogP contribution in [0.15, 0.2) is 57.4 Å². The molecule has 0 aliphatic heterocycles. The summed E-state index contributed by atoms with van der Waals surface area (Å²) in [6, 6.07) is 12.7. The Balaban J connectivity index is 1.86. The lowest BCUT2D eigenvalue weighted by atomic mass is 10.2. The minimum Gasteiger partial charge on any atom is -0.497 e. The van der Waals surface area contributed by atoms with Gasteiger partial charge in [-0.25, -0.2) is 0 Å².